The summed E-state index contributed by atoms with van der Waals surface area (Å²) in [4.78, 5) is 0. The summed E-state index contributed by atoms with van der Waals surface area (Å²) in [7, 11) is 0. The molecule has 1 aromatic rings. The SMILES string of the molecule is CCCC(Cl)CCCc1cc(C)ccc1C. The van der Waals surface area contributed by atoms with Gasteiger partial charge in [-0.25, -0.2) is 0 Å². The van der Waals surface area contributed by atoms with Crippen molar-refractivity contribution in [3.63, 3.8) is 0 Å². The van der Waals surface area contributed by atoms with Crippen LogP contribution in [0.2, 0.25) is 0 Å². The number of halogens is 1. The van der Waals surface area contributed by atoms with E-state index in [0.717, 1.165) is 12.8 Å². The molecule has 0 aliphatic rings. The zero-order valence-corrected chi connectivity index (χ0v) is 11.5. The maximum absolute atomic E-state index is 6.22. The molecular weight excluding hydrogens is 216 g/mol. The summed E-state index contributed by atoms with van der Waals surface area (Å²) < 4.78 is 0. The Hall–Kier alpha value is -0.490. The number of benzene rings is 1. The van der Waals surface area contributed by atoms with Gasteiger partial charge in [0.05, 0.1) is 0 Å². The van der Waals surface area contributed by atoms with Crippen LogP contribution in [0.25, 0.3) is 0 Å². The maximum Gasteiger partial charge on any atom is 0.0336 e. The first-order valence-corrected chi connectivity index (χ1v) is 6.77. The van der Waals surface area contributed by atoms with Gasteiger partial charge >= 0.3 is 0 Å². The van der Waals surface area contributed by atoms with Crippen LogP contribution < -0.4 is 0 Å². The van der Waals surface area contributed by atoms with E-state index in [0.29, 0.717) is 5.38 Å². The average molecular weight is 239 g/mol. The van der Waals surface area contributed by atoms with E-state index in [1.807, 2.05) is 0 Å². The molecule has 90 valence electrons. The minimum atomic E-state index is 0.370. The Morgan fingerprint density at radius 3 is 2.62 bits per heavy atom. The molecule has 0 aliphatic carbocycles. The van der Waals surface area contributed by atoms with Gasteiger partial charge in [-0.2, -0.15) is 0 Å². The van der Waals surface area contributed by atoms with Crippen molar-refractivity contribution in [3.8, 4) is 0 Å². The first kappa shape index (κ1) is 13.6. The Labute approximate surface area is 105 Å². The van der Waals surface area contributed by atoms with Crippen LogP contribution in [-0.2, 0) is 6.42 Å². The quantitative estimate of drug-likeness (QED) is 0.610. The van der Waals surface area contributed by atoms with Gasteiger partial charge in [0, 0.05) is 5.38 Å². The highest BCUT2D eigenvalue weighted by atomic mass is 35.5. The molecule has 1 heteroatoms. The van der Waals surface area contributed by atoms with Crippen LogP contribution in [0.3, 0.4) is 0 Å². The number of rotatable bonds is 6. The van der Waals surface area contributed by atoms with E-state index >= 15 is 0 Å². The molecule has 1 rings (SSSR count). The molecule has 0 N–H and O–H groups in total. The van der Waals surface area contributed by atoms with Crippen molar-refractivity contribution < 1.29 is 0 Å². The average Bonchev–Trinajstić information content (AvgIpc) is 2.23. The van der Waals surface area contributed by atoms with Crippen LogP contribution in [0.5, 0.6) is 0 Å². The van der Waals surface area contributed by atoms with Gasteiger partial charge < -0.3 is 0 Å². The number of hydrogen-bond donors (Lipinski definition) is 0. The summed E-state index contributed by atoms with van der Waals surface area (Å²) in [6.07, 6.45) is 5.85. The van der Waals surface area contributed by atoms with E-state index in [1.54, 1.807) is 0 Å². The predicted octanol–water partition coefficient (Wildman–Crippen LogP) is 5.03. The molecule has 1 aromatic carbocycles. The van der Waals surface area contributed by atoms with Crippen molar-refractivity contribution >= 4 is 11.6 Å². The van der Waals surface area contributed by atoms with Crippen molar-refractivity contribution in [3.05, 3.63) is 34.9 Å². The second kappa shape index (κ2) is 6.96. The first-order chi connectivity index (χ1) is 7.63. The summed E-state index contributed by atoms with van der Waals surface area (Å²) in [5.41, 5.74) is 4.25. The van der Waals surface area contributed by atoms with E-state index in [4.69, 9.17) is 11.6 Å². The minimum absolute atomic E-state index is 0.370. The lowest BCUT2D eigenvalue weighted by molar-refractivity contribution is 0.639. The van der Waals surface area contributed by atoms with Crippen LogP contribution in [0.4, 0.5) is 0 Å². The van der Waals surface area contributed by atoms with Gasteiger partial charge in [-0.3, -0.25) is 0 Å². The van der Waals surface area contributed by atoms with Gasteiger partial charge in [0.25, 0.3) is 0 Å². The standard InChI is InChI=1S/C15H23Cl/c1-4-6-15(16)8-5-7-14-11-12(2)9-10-13(14)3/h9-11,15H,4-8H2,1-3H3. The molecule has 0 nitrogen and oxygen atoms in total. The van der Waals surface area contributed by atoms with Gasteiger partial charge in [0.1, 0.15) is 0 Å². The maximum atomic E-state index is 6.22. The Morgan fingerprint density at radius 1 is 1.19 bits per heavy atom. The molecule has 0 heterocycles. The van der Waals surface area contributed by atoms with Crippen molar-refractivity contribution in [2.75, 3.05) is 0 Å². The third kappa shape index (κ3) is 4.57. The third-order valence-electron chi connectivity index (χ3n) is 3.07. The molecule has 0 aliphatic heterocycles. The van der Waals surface area contributed by atoms with Crippen LogP contribution in [-0.4, -0.2) is 5.38 Å². The van der Waals surface area contributed by atoms with E-state index in [2.05, 4.69) is 39.0 Å². The molecule has 0 radical (unpaired) electrons. The van der Waals surface area contributed by atoms with Crippen molar-refractivity contribution in [1.29, 1.82) is 0 Å². The van der Waals surface area contributed by atoms with Crippen LogP contribution in [0.15, 0.2) is 18.2 Å². The molecule has 0 saturated carbocycles. The highest BCUT2D eigenvalue weighted by Gasteiger charge is 2.04. The van der Waals surface area contributed by atoms with E-state index in [-0.39, 0.29) is 0 Å². The highest BCUT2D eigenvalue weighted by Crippen LogP contribution is 2.17. The number of aryl methyl sites for hydroxylation is 3. The second-order valence-corrected chi connectivity index (χ2v) is 5.33. The normalized spacial score (nSPS) is 12.8. The zero-order chi connectivity index (χ0) is 12.0. The molecule has 16 heavy (non-hydrogen) atoms. The lowest BCUT2D eigenvalue weighted by Gasteiger charge is -2.09. The molecule has 0 amide bonds. The van der Waals surface area contributed by atoms with Gasteiger partial charge in [-0.15, -0.1) is 11.6 Å². The smallest absolute Gasteiger partial charge is 0.0336 e. The number of hydrogen-bond acceptors (Lipinski definition) is 0. The summed E-state index contributed by atoms with van der Waals surface area (Å²) in [6, 6.07) is 6.70. The van der Waals surface area contributed by atoms with Crippen molar-refractivity contribution in [2.45, 2.75) is 58.3 Å². The van der Waals surface area contributed by atoms with Crippen LogP contribution in [0.1, 0.15) is 49.3 Å². The zero-order valence-electron chi connectivity index (χ0n) is 10.7. The predicted molar refractivity (Wildman–Crippen MR) is 73.4 cm³/mol. The fourth-order valence-corrected chi connectivity index (χ4v) is 2.41. The molecule has 1 unspecified atom stereocenters. The summed E-state index contributed by atoms with van der Waals surface area (Å²) in [6.45, 7) is 6.55. The van der Waals surface area contributed by atoms with E-state index in [9.17, 15) is 0 Å². The number of alkyl halides is 1. The van der Waals surface area contributed by atoms with Gasteiger partial charge in [0.2, 0.25) is 0 Å². The lowest BCUT2D eigenvalue weighted by atomic mass is 9.99. The van der Waals surface area contributed by atoms with E-state index < -0.39 is 0 Å². The Bertz CT molecular complexity index is 317. The lowest BCUT2D eigenvalue weighted by Crippen LogP contribution is -1.99. The van der Waals surface area contributed by atoms with Gasteiger partial charge in [-0.05, 0) is 50.7 Å². The largest absolute Gasteiger partial charge is 0.123 e. The Morgan fingerprint density at radius 2 is 1.94 bits per heavy atom. The van der Waals surface area contributed by atoms with Gasteiger partial charge in [-0.1, -0.05) is 37.1 Å². The van der Waals surface area contributed by atoms with E-state index in [1.165, 1.54) is 36.0 Å². The molecule has 0 fully saturated rings. The summed E-state index contributed by atoms with van der Waals surface area (Å²) >= 11 is 6.22. The highest BCUT2D eigenvalue weighted by molar-refractivity contribution is 6.20. The Kier molecular flexibility index (Phi) is 5.90. The molecule has 1 atom stereocenters. The molecule has 0 saturated heterocycles. The fraction of sp³-hybridized carbons (Fsp3) is 0.600. The second-order valence-electron chi connectivity index (χ2n) is 4.71. The molecular formula is C15H23Cl. The fourth-order valence-electron chi connectivity index (χ4n) is 2.04. The molecule has 0 aromatic heterocycles. The molecule has 0 bridgehead atoms. The third-order valence-corrected chi connectivity index (χ3v) is 3.51. The summed E-state index contributed by atoms with van der Waals surface area (Å²) in [5, 5.41) is 0.370. The Balaban J connectivity index is 2.39. The topological polar surface area (TPSA) is 0 Å². The van der Waals surface area contributed by atoms with Crippen LogP contribution in [0, 0.1) is 13.8 Å². The van der Waals surface area contributed by atoms with Crippen molar-refractivity contribution in [2.24, 2.45) is 0 Å². The van der Waals surface area contributed by atoms with Gasteiger partial charge in [0.15, 0.2) is 0 Å². The monoisotopic (exact) mass is 238 g/mol. The summed E-state index contributed by atoms with van der Waals surface area (Å²) in [5.74, 6) is 0. The minimum Gasteiger partial charge on any atom is -0.123 e. The van der Waals surface area contributed by atoms with Crippen molar-refractivity contribution in [1.82, 2.24) is 0 Å². The first-order valence-electron chi connectivity index (χ1n) is 6.33. The molecule has 0 spiro atoms. The van der Waals surface area contributed by atoms with Crippen LogP contribution >= 0.6 is 11.6 Å².